The molecule has 0 bridgehead atoms. The SMILES string of the molecule is CCC[C](C(=O)CN)c1ccc(N)cc1. The van der Waals surface area contributed by atoms with E-state index < -0.39 is 0 Å². The Morgan fingerprint density at radius 1 is 1.27 bits per heavy atom. The number of hydrogen-bond acceptors (Lipinski definition) is 3. The minimum Gasteiger partial charge on any atom is -0.399 e. The summed E-state index contributed by atoms with van der Waals surface area (Å²) in [7, 11) is 0. The average molecular weight is 205 g/mol. The lowest BCUT2D eigenvalue weighted by atomic mass is 9.90. The van der Waals surface area contributed by atoms with Crippen molar-refractivity contribution in [2.24, 2.45) is 5.73 Å². The lowest BCUT2D eigenvalue weighted by Gasteiger charge is -2.13. The number of nitrogens with two attached hydrogens (primary N) is 2. The Labute approximate surface area is 90.5 Å². The zero-order chi connectivity index (χ0) is 11.3. The lowest BCUT2D eigenvalue weighted by molar-refractivity contribution is -0.115. The molecule has 0 atom stereocenters. The molecule has 1 radical (unpaired) electrons. The van der Waals surface area contributed by atoms with Crippen LogP contribution < -0.4 is 11.5 Å². The number of Topliss-reactive ketones (excluding diaryl/α,β-unsaturated/α-hetero) is 1. The van der Waals surface area contributed by atoms with Gasteiger partial charge in [0.05, 0.1) is 12.5 Å². The van der Waals surface area contributed by atoms with Gasteiger partial charge in [-0.15, -0.1) is 0 Å². The number of benzene rings is 1. The number of hydrogen-bond donors (Lipinski definition) is 2. The Morgan fingerprint density at radius 3 is 2.33 bits per heavy atom. The molecule has 0 fully saturated rings. The van der Waals surface area contributed by atoms with Gasteiger partial charge in [-0.05, 0) is 24.1 Å². The smallest absolute Gasteiger partial charge is 0.158 e. The second-order valence-corrected chi connectivity index (χ2v) is 3.48. The quantitative estimate of drug-likeness (QED) is 0.716. The van der Waals surface area contributed by atoms with Gasteiger partial charge in [0, 0.05) is 5.69 Å². The number of rotatable bonds is 5. The molecule has 1 aromatic carbocycles. The van der Waals surface area contributed by atoms with Crippen LogP contribution in [0.4, 0.5) is 5.69 Å². The molecule has 0 saturated carbocycles. The van der Waals surface area contributed by atoms with Gasteiger partial charge in [-0.1, -0.05) is 25.5 Å². The monoisotopic (exact) mass is 205 g/mol. The highest BCUT2D eigenvalue weighted by Crippen LogP contribution is 2.21. The molecule has 0 aliphatic heterocycles. The minimum absolute atomic E-state index is 0.0154. The first kappa shape index (κ1) is 11.7. The molecule has 3 heteroatoms. The van der Waals surface area contributed by atoms with E-state index in [1.54, 1.807) is 12.1 Å². The van der Waals surface area contributed by atoms with Crippen LogP contribution in [0.25, 0.3) is 0 Å². The fraction of sp³-hybridized carbons (Fsp3) is 0.333. The summed E-state index contributed by atoms with van der Waals surface area (Å²) in [6.07, 6.45) is 1.70. The van der Waals surface area contributed by atoms with Crippen molar-refractivity contribution in [1.82, 2.24) is 0 Å². The largest absolute Gasteiger partial charge is 0.399 e. The van der Waals surface area contributed by atoms with Gasteiger partial charge in [0.2, 0.25) is 0 Å². The summed E-state index contributed by atoms with van der Waals surface area (Å²) >= 11 is 0. The maximum absolute atomic E-state index is 11.6. The highest BCUT2D eigenvalue weighted by molar-refractivity contribution is 5.97. The Bertz CT molecular complexity index is 319. The first-order valence-corrected chi connectivity index (χ1v) is 5.14. The fourth-order valence-electron chi connectivity index (χ4n) is 1.50. The molecule has 0 aliphatic rings. The summed E-state index contributed by atoms with van der Waals surface area (Å²) < 4.78 is 0. The Balaban J connectivity index is 2.88. The molecule has 0 aromatic heterocycles. The topological polar surface area (TPSA) is 69.1 Å². The first-order valence-electron chi connectivity index (χ1n) is 5.14. The van der Waals surface area contributed by atoms with Gasteiger partial charge in [0.25, 0.3) is 0 Å². The predicted octanol–water partition coefficient (Wildman–Crippen LogP) is 1.52. The summed E-state index contributed by atoms with van der Waals surface area (Å²) in [5, 5.41) is 0. The molecule has 0 spiro atoms. The van der Waals surface area contributed by atoms with Gasteiger partial charge in [-0.25, -0.2) is 0 Å². The highest BCUT2D eigenvalue weighted by Gasteiger charge is 2.18. The van der Waals surface area contributed by atoms with Crippen LogP contribution in [0.3, 0.4) is 0 Å². The van der Waals surface area contributed by atoms with Crippen molar-refractivity contribution >= 4 is 11.5 Å². The number of ketones is 1. The van der Waals surface area contributed by atoms with Crippen LogP contribution in [0.15, 0.2) is 24.3 Å². The molecular formula is C12H17N2O. The van der Waals surface area contributed by atoms with E-state index in [9.17, 15) is 4.79 Å². The molecule has 15 heavy (non-hydrogen) atoms. The molecule has 0 aliphatic carbocycles. The van der Waals surface area contributed by atoms with E-state index in [1.165, 1.54) is 0 Å². The van der Waals surface area contributed by atoms with Crippen molar-refractivity contribution in [2.45, 2.75) is 19.8 Å². The number of anilines is 1. The van der Waals surface area contributed by atoms with E-state index >= 15 is 0 Å². The molecule has 1 aromatic rings. The summed E-state index contributed by atoms with van der Waals surface area (Å²) in [5.41, 5.74) is 12.6. The molecule has 81 valence electrons. The van der Waals surface area contributed by atoms with Crippen LogP contribution in [-0.2, 0) is 4.79 Å². The van der Waals surface area contributed by atoms with E-state index in [1.807, 2.05) is 19.1 Å². The van der Waals surface area contributed by atoms with E-state index in [0.717, 1.165) is 24.3 Å². The lowest BCUT2D eigenvalue weighted by Crippen LogP contribution is -2.22. The average Bonchev–Trinajstić information content (AvgIpc) is 2.26. The van der Waals surface area contributed by atoms with E-state index in [2.05, 4.69) is 0 Å². The maximum atomic E-state index is 11.6. The maximum Gasteiger partial charge on any atom is 0.158 e. The molecule has 0 amide bonds. The van der Waals surface area contributed by atoms with Crippen LogP contribution in [0, 0.1) is 5.92 Å². The Kier molecular flexibility index (Phi) is 4.31. The van der Waals surface area contributed by atoms with Crippen LogP contribution in [0.5, 0.6) is 0 Å². The summed E-state index contributed by atoms with van der Waals surface area (Å²) in [5.74, 6) is 0.821. The van der Waals surface area contributed by atoms with Crippen molar-refractivity contribution in [1.29, 1.82) is 0 Å². The number of nitrogen functional groups attached to an aromatic ring is 1. The van der Waals surface area contributed by atoms with Crippen molar-refractivity contribution < 1.29 is 4.79 Å². The number of carbonyl (C=O) groups excluding carboxylic acids is 1. The van der Waals surface area contributed by atoms with E-state index in [4.69, 9.17) is 11.5 Å². The summed E-state index contributed by atoms with van der Waals surface area (Å²) in [6, 6.07) is 7.34. The zero-order valence-electron chi connectivity index (χ0n) is 8.99. The van der Waals surface area contributed by atoms with Crippen LogP contribution in [0.2, 0.25) is 0 Å². The van der Waals surface area contributed by atoms with Gasteiger partial charge in [0.1, 0.15) is 0 Å². The molecule has 0 saturated heterocycles. The Morgan fingerprint density at radius 2 is 1.87 bits per heavy atom. The first-order chi connectivity index (χ1) is 7.19. The number of carbonyl (C=O) groups is 1. The molecule has 4 N–H and O–H groups in total. The van der Waals surface area contributed by atoms with Crippen LogP contribution in [0.1, 0.15) is 25.3 Å². The molecule has 0 unspecified atom stereocenters. The van der Waals surface area contributed by atoms with Crippen LogP contribution >= 0.6 is 0 Å². The van der Waals surface area contributed by atoms with Crippen molar-refractivity contribution in [2.75, 3.05) is 12.3 Å². The second kappa shape index (κ2) is 5.51. The van der Waals surface area contributed by atoms with Gasteiger partial charge in [0.15, 0.2) is 5.78 Å². The Hall–Kier alpha value is -1.35. The second-order valence-electron chi connectivity index (χ2n) is 3.48. The third-order valence-corrected chi connectivity index (χ3v) is 2.28. The van der Waals surface area contributed by atoms with Gasteiger partial charge in [-0.3, -0.25) is 4.79 Å². The van der Waals surface area contributed by atoms with E-state index in [-0.39, 0.29) is 12.3 Å². The highest BCUT2D eigenvalue weighted by atomic mass is 16.1. The standard InChI is InChI=1S/C12H17N2O/c1-2-3-11(12(15)8-13)9-4-6-10(14)7-5-9/h4-7H,2-3,8,13-14H2,1H3. The minimum atomic E-state index is 0.0154. The summed E-state index contributed by atoms with van der Waals surface area (Å²) in [6.45, 7) is 2.11. The molecular weight excluding hydrogens is 188 g/mol. The predicted molar refractivity (Wildman–Crippen MR) is 62.2 cm³/mol. The van der Waals surface area contributed by atoms with Gasteiger partial charge in [-0.2, -0.15) is 0 Å². The van der Waals surface area contributed by atoms with Gasteiger partial charge < -0.3 is 11.5 Å². The molecule has 1 rings (SSSR count). The third kappa shape index (κ3) is 3.06. The van der Waals surface area contributed by atoms with Crippen molar-refractivity contribution in [3.8, 4) is 0 Å². The van der Waals surface area contributed by atoms with Gasteiger partial charge >= 0.3 is 0 Å². The van der Waals surface area contributed by atoms with Crippen molar-refractivity contribution in [3.05, 3.63) is 35.7 Å². The molecule has 0 heterocycles. The normalized spacial score (nSPS) is 10.6. The molecule has 3 nitrogen and oxygen atoms in total. The summed E-state index contributed by atoms with van der Waals surface area (Å²) in [4.78, 5) is 11.6. The van der Waals surface area contributed by atoms with Crippen LogP contribution in [-0.4, -0.2) is 12.3 Å². The third-order valence-electron chi connectivity index (χ3n) is 2.28. The van der Waals surface area contributed by atoms with E-state index in [0.29, 0.717) is 5.69 Å². The van der Waals surface area contributed by atoms with Crippen molar-refractivity contribution in [3.63, 3.8) is 0 Å². The zero-order valence-corrected chi connectivity index (χ0v) is 8.99. The fourth-order valence-corrected chi connectivity index (χ4v) is 1.50.